The molecule has 0 aliphatic heterocycles. The minimum Gasteiger partial charge on any atom is -0.321 e. The zero-order valence-electron chi connectivity index (χ0n) is 10.0. The molecular formula is C13H9F3N2OS. The number of alkyl halides is 3. The fourth-order valence-corrected chi connectivity index (χ4v) is 2.10. The summed E-state index contributed by atoms with van der Waals surface area (Å²) in [6.07, 6.45) is 2.85. The summed E-state index contributed by atoms with van der Waals surface area (Å²) >= 11 is -0.266. The van der Waals surface area contributed by atoms with E-state index in [1.54, 1.807) is 12.1 Å². The van der Waals surface area contributed by atoms with Gasteiger partial charge in [-0.2, -0.15) is 13.2 Å². The van der Waals surface area contributed by atoms with Crippen LogP contribution in [0.15, 0.2) is 53.7 Å². The van der Waals surface area contributed by atoms with Gasteiger partial charge in [-0.15, -0.1) is 0 Å². The Labute approximate surface area is 117 Å². The highest BCUT2D eigenvalue weighted by atomic mass is 32.2. The van der Waals surface area contributed by atoms with Crippen molar-refractivity contribution in [3.8, 4) is 0 Å². The molecule has 1 aromatic heterocycles. The number of benzene rings is 1. The number of thioether (sulfide) groups is 1. The second kappa shape index (κ2) is 5.96. The minimum absolute atomic E-state index is 0.0581. The standard InChI is InChI=1S/C13H9F3N2OS/c14-13(15,16)20-11-6-2-1-5-10(11)18-12(19)9-4-3-7-17-8-9/h1-8H,(H,18,19). The molecule has 1 amide bonds. The van der Waals surface area contributed by atoms with Gasteiger partial charge in [0.05, 0.1) is 11.3 Å². The smallest absolute Gasteiger partial charge is 0.321 e. The zero-order valence-corrected chi connectivity index (χ0v) is 10.8. The summed E-state index contributed by atoms with van der Waals surface area (Å²) in [7, 11) is 0. The minimum atomic E-state index is -4.41. The molecule has 0 unspecified atom stereocenters. The van der Waals surface area contributed by atoms with Crippen LogP contribution in [0.25, 0.3) is 0 Å². The first-order chi connectivity index (χ1) is 9.46. The van der Waals surface area contributed by atoms with Gasteiger partial charge >= 0.3 is 5.51 Å². The second-order valence-electron chi connectivity index (χ2n) is 3.74. The Morgan fingerprint density at radius 3 is 2.55 bits per heavy atom. The van der Waals surface area contributed by atoms with Crippen LogP contribution in [-0.2, 0) is 0 Å². The van der Waals surface area contributed by atoms with Crippen molar-refractivity contribution >= 4 is 23.4 Å². The van der Waals surface area contributed by atoms with Crippen molar-refractivity contribution in [2.45, 2.75) is 10.4 Å². The Balaban J connectivity index is 2.20. The van der Waals surface area contributed by atoms with Crippen LogP contribution in [0.3, 0.4) is 0 Å². The molecule has 0 aliphatic carbocycles. The highest BCUT2D eigenvalue weighted by molar-refractivity contribution is 8.00. The van der Waals surface area contributed by atoms with Gasteiger partial charge in [-0.25, -0.2) is 0 Å². The molecule has 0 saturated carbocycles. The van der Waals surface area contributed by atoms with Crippen LogP contribution in [0, 0.1) is 0 Å². The number of nitrogens with zero attached hydrogens (tertiary/aromatic N) is 1. The molecule has 20 heavy (non-hydrogen) atoms. The van der Waals surface area contributed by atoms with Crippen molar-refractivity contribution in [2.75, 3.05) is 5.32 Å². The Kier molecular flexibility index (Phi) is 4.29. The molecule has 1 N–H and O–H groups in total. The number of hydrogen-bond donors (Lipinski definition) is 1. The summed E-state index contributed by atoms with van der Waals surface area (Å²) in [4.78, 5) is 15.6. The van der Waals surface area contributed by atoms with Crippen LogP contribution >= 0.6 is 11.8 Å². The highest BCUT2D eigenvalue weighted by Crippen LogP contribution is 2.40. The van der Waals surface area contributed by atoms with Crippen LogP contribution in [0.4, 0.5) is 18.9 Å². The number of para-hydroxylation sites is 1. The zero-order chi connectivity index (χ0) is 14.6. The fourth-order valence-electron chi connectivity index (χ4n) is 1.48. The molecule has 0 fully saturated rings. The summed E-state index contributed by atoms with van der Waals surface area (Å²) < 4.78 is 37.3. The number of amides is 1. The van der Waals surface area contributed by atoms with Gasteiger partial charge in [-0.05, 0) is 36.0 Å². The number of rotatable bonds is 3. The first kappa shape index (κ1) is 14.4. The van der Waals surface area contributed by atoms with Gasteiger partial charge < -0.3 is 5.32 Å². The number of carbonyl (C=O) groups excluding carboxylic acids is 1. The third-order valence-corrected chi connectivity index (χ3v) is 3.09. The summed E-state index contributed by atoms with van der Waals surface area (Å²) in [6.45, 7) is 0. The molecular weight excluding hydrogens is 289 g/mol. The van der Waals surface area contributed by atoms with Crippen LogP contribution in [0.1, 0.15) is 10.4 Å². The van der Waals surface area contributed by atoms with Gasteiger partial charge in [-0.3, -0.25) is 9.78 Å². The molecule has 104 valence electrons. The summed E-state index contributed by atoms with van der Waals surface area (Å²) in [5.74, 6) is -0.506. The lowest BCUT2D eigenvalue weighted by Gasteiger charge is -2.12. The third-order valence-electron chi connectivity index (χ3n) is 2.28. The van der Waals surface area contributed by atoms with E-state index in [0.717, 1.165) is 0 Å². The van der Waals surface area contributed by atoms with E-state index in [-0.39, 0.29) is 27.9 Å². The first-order valence-corrected chi connectivity index (χ1v) is 6.33. The topological polar surface area (TPSA) is 42.0 Å². The number of aromatic nitrogens is 1. The number of anilines is 1. The van der Waals surface area contributed by atoms with Crippen LogP contribution < -0.4 is 5.32 Å². The largest absolute Gasteiger partial charge is 0.446 e. The lowest BCUT2D eigenvalue weighted by Crippen LogP contribution is -2.13. The Bertz CT molecular complexity index is 602. The molecule has 1 heterocycles. The van der Waals surface area contributed by atoms with E-state index in [2.05, 4.69) is 10.3 Å². The summed E-state index contributed by atoms with van der Waals surface area (Å²) in [5.41, 5.74) is -4.02. The number of pyridine rings is 1. The van der Waals surface area contributed by atoms with E-state index in [0.29, 0.717) is 0 Å². The molecule has 7 heteroatoms. The number of hydrogen-bond acceptors (Lipinski definition) is 3. The maximum absolute atomic E-state index is 12.4. The van der Waals surface area contributed by atoms with Gasteiger partial charge in [0.15, 0.2) is 0 Å². The normalized spacial score (nSPS) is 11.2. The van der Waals surface area contributed by atoms with E-state index in [1.165, 1.54) is 36.7 Å². The third kappa shape index (κ3) is 3.99. The number of halogens is 3. The number of nitrogens with one attached hydrogen (secondary N) is 1. The van der Waals surface area contributed by atoms with Crippen molar-refractivity contribution in [3.05, 3.63) is 54.4 Å². The van der Waals surface area contributed by atoms with Gasteiger partial charge in [-0.1, -0.05) is 12.1 Å². The molecule has 2 aromatic rings. The van der Waals surface area contributed by atoms with Crippen LogP contribution in [0.5, 0.6) is 0 Å². The Morgan fingerprint density at radius 1 is 1.15 bits per heavy atom. The maximum Gasteiger partial charge on any atom is 0.446 e. The molecule has 1 aromatic carbocycles. The SMILES string of the molecule is O=C(Nc1ccccc1SC(F)(F)F)c1cccnc1. The van der Waals surface area contributed by atoms with Crippen LogP contribution in [-0.4, -0.2) is 16.4 Å². The van der Waals surface area contributed by atoms with Crippen molar-refractivity contribution < 1.29 is 18.0 Å². The first-order valence-electron chi connectivity index (χ1n) is 5.52. The van der Waals surface area contributed by atoms with E-state index >= 15 is 0 Å². The molecule has 3 nitrogen and oxygen atoms in total. The quantitative estimate of drug-likeness (QED) is 0.873. The predicted molar refractivity (Wildman–Crippen MR) is 70.5 cm³/mol. The van der Waals surface area contributed by atoms with E-state index in [4.69, 9.17) is 0 Å². The van der Waals surface area contributed by atoms with Crippen molar-refractivity contribution in [1.29, 1.82) is 0 Å². The lowest BCUT2D eigenvalue weighted by molar-refractivity contribution is -0.0328. The monoisotopic (exact) mass is 298 g/mol. The maximum atomic E-state index is 12.4. The molecule has 0 spiro atoms. The van der Waals surface area contributed by atoms with E-state index in [9.17, 15) is 18.0 Å². The average molecular weight is 298 g/mol. The Hall–Kier alpha value is -2.02. The summed E-state index contributed by atoms with van der Waals surface area (Å²) in [6, 6.07) is 8.86. The molecule has 0 aliphatic rings. The molecule has 2 rings (SSSR count). The molecule has 0 bridgehead atoms. The van der Waals surface area contributed by atoms with E-state index in [1.807, 2.05) is 0 Å². The van der Waals surface area contributed by atoms with Crippen molar-refractivity contribution in [2.24, 2.45) is 0 Å². The highest BCUT2D eigenvalue weighted by Gasteiger charge is 2.30. The molecule has 0 radical (unpaired) electrons. The van der Waals surface area contributed by atoms with Gasteiger partial charge in [0.2, 0.25) is 0 Å². The van der Waals surface area contributed by atoms with Crippen molar-refractivity contribution in [1.82, 2.24) is 4.98 Å². The lowest BCUT2D eigenvalue weighted by atomic mass is 10.2. The van der Waals surface area contributed by atoms with Crippen LogP contribution in [0.2, 0.25) is 0 Å². The van der Waals surface area contributed by atoms with E-state index < -0.39 is 11.4 Å². The van der Waals surface area contributed by atoms with Gasteiger partial charge in [0, 0.05) is 17.3 Å². The van der Waals surface area contributed by atoms with Gasteiger partial charge in [0.1, 0.15) is 0 Å². The Morgan fingerprint density at radius 2 is 1.90 bits per heavy atom. The fraction of sp³-hybridized carbons (Fsp3) is 0.0769. The summed E-state index contributed by atoms with van der Waals surface area (Å²) in [5, 5.41) is 2.45. The molecule has 0 atom stereocenters. The average Bonchev–Trinajstić information content (AvgIpc) is 2.40. The predicted octanol–water partition coefficient (Wildman–Crippen LogP) is 3.95. The second-order valence-corrected chi connectivity index (χ2v) is 4.85. The molecule has 0 saturated heterocycles. The van der Waals surface area contributed by atoms with Gasteiger partial charge in [0.25, 0.3) is 5.91 Å². The number of carbonyl (C=O) groups is 1. The van der Waals surface area contributed by atoms with Crippen molar-refractivity contribution in [3.63, 3.8) is 0 Å².